The molecule has 3 heterocycles. The SMILES string of the molecule is CC(C)c1cc2[nH][nH]c(=O)c2cc1-c1nc(Nc2n[nH]c3ccccc23)c2ccccc2n1. The topological polar surface area (TPSA) is 115 Å². The van der Waals surface area contributed by atoms with E-state index in [1.54, 1.807) is 0 Å². The number of benzene rings is 3. The van der Waals surface area contributed by atoms with Crippen molar-refractivity contribution in [1.82, 2.24) is 30.4 Å². The number of aromatic nitrogens is 6. The van der Waals surface area contributed by atoms with Crippen LogP contribution in [0.2, 0.25) is 0 Å². The van der Waals surface area contributed by atoms with Gasteiger partial charge in [0.15, 0.2) is 11.6 Å². The molecular weight excluding hydrogens is 414 g/mol. The number of hydrogen-bond donors (Lipinski definition) is 4. The van der Waals surface area contributed by atoms with Crippen molar-refractivity contribution < 1.29 is 0 Å². The van der Waals surface area contributed by atoms with Crippen LogP contribution < -0.4 is 10.9 Å². The highest BCUT2D eigenvalue weighted by Gasteiger charge is 2.18. The Labute approximate surface area is 188 Å². The molecule has 8 heteroatoms. The third kappa shape index (κ3) is 3.15. The van der Waals surface area contributed by atoms with E-state index in [0.29, 0.717) is 22.8 Å². The Balaban J connectivity index is 1.58. The first kappa shape index (κ1) is 19.2. The molecule has 3 aromatic carbocycles. The lowest BCUT2D eigenvalue weighted by atomic mass is 9.95. The zero-order chi connectivity index (χ0) is 22.5. The monoisotopic (exact) mass is 435 g/mol. The quantitative estimate of drug-likeness (QED) is 0.303. The Bertz CT molecular complexity index is 1710. The van der Waals surface area contributed by atoms with Crippen molar-refractivity contribution in [2.75, 3.05) is 5.32 Å². The van der Waals surface area contributed by atoms with Gasteiger partial charge in [-0.1, -0.05) is 38.1 Å². The van der Waals surface area contributed by atoms with Gasteiger partial charge < -0.3 is 5.32 Å². The highest BCUT2D eigenvalue weighted by Crippen LogP contribution is 2.34. The van der Waals surface area contributed by atoms with Crippen molar-refractivity contribution in [2.24, 2.45) is 0 Å². The van der Waals surface area contributed by atoms with Crippen molar-refractivity contribution in [3.63, 3.8) is 0 Å². The van der Waals surface area contributed by atoms with Gasteiger partial charge in [-0.05, 0) is 47.9 Å². The van der Waals surface area contributed by atoms with Crippen LogP contribution in [0.5, 0.6) is 0 Å². The van der Waals surface area contributed by atoms with E-state index >= 15 is 0 Å². The Morgan fingerprint density at radius 3 is 2.45 bits per heavy atom. The zero-order valence-electron chi connectivity index (χ0n) is 18.1. The number of H-pyrrole nitrogens is 3. The van der Waals surface area contributed by atoms with E-state index in [9.17, 15) is 4.79 Å². The predicted molar refractivity (Wildman–Crippen MR) is 131 cm³/mol. The fourth-order valence-corrected chi connectivity index (χ4v) is 4.23. The second-order valence-corrected chi connectivity index (χ2v) is 8.37. The lowest BCUT2D eigenvalue weighted by molar-refractivity contribution is 0.868. The number of fused-ring (bicyclic) bond motifs is 3. The number of rotatable bonds is 4. The summed E-state index contributed by atoms with van der Waals surface area (Å²) in [4.78, 5) is 22.1. The molecule has 0 aliphatic rings. The van der Waals surface area contributed by atoms with Crippen LogP contribution in [0, 0.1) is 0 Å². The maximum Gasteiger partial charge on any atom is 0.271 e. The van der Waals surface area contributed by atoms with Crippen molar-refractivity contribution >= 4 is 44.3 Å². The molecule has 0 spiro atoms. The summed E-state index contributed by atoms with van der Waals surface area (Å²) in [5, 5.41) is 19.0. The summed E-state index contributed by atoms with van der Waals surface area (Å²) in [6.07, 6.45) is 0. The Morgan fingerprint density at radius 1 is 0.818 bits per heavy atom. The summed E-state index contributed by atoms with van der Waals surface area (Å²) in [6, 6.07) is 19.7. The molecule has 0 radical (unpaired) electrons. The average Bonchev–Trinajstić information content (AvgIpc) is 3.41. The molecule has 4 N–H and O–H groups in total. The summed E-state index contributed by atoms with van der Waals surface area (Å²) in [5.74, 6) is 2.12. The van der Waals surface area contributed by atoms with Crippen LogP contribution in [0.1, 0.15) is 25.3 Å². The molecule has 0 aliphatic heterocycles. The van der Waals surface area contributed by atoms with Crippen LogP contribution in [-0.2, 0) is 0 Å². The van der Waals surface area contributed by atoms with Gasteiger partial charge in [0.05, 0.1) is 21.9 Å². The first-order chi connectivity index (χ1) is 16.1. The fraction of sp³-hybridized carbons (Fsp3) is 0.120. The number of nitrogens with one attached hydrogen (secondary N) is 4. The zero-order valence-corrected chi connectivity index (χ0v) is 18.1. The second-order valence-electron chi connectivity index (χ2n) is 8.37. The molecule has 0 unspecified atom stereocenters. The van der Waals surface area contributed by atoms with E-state index in [1.165, 1.54) is 0 Å². The molecule has 0 atom stereocenters. The summed E-state index contributed by atoms with van der Waals surface area (Å²) in [5.41, 5.74) is 4.26. The van der Waals surface area contributed by atoms with Gasteiger partial charge in [0.25, 0.3) is 5.56 Å². The molecule has 0 amide bonds. The molecule has 0 fully saturated rings. The maximum atomic E-state index is 12.3. The third-order valence-corrected chi connectivity index (χ3v) is 5.92. The van der Waals surface area contributed by atoms with E-state index < -0.39 is 0 Å². The van der Waals surface area contributed by atoms with Crippen LogP contribution >= 0.6 is 0 Å². The smallest absolute Gasteiger partial charge is 0.271 e. The molecule has 0 saturated heterocycles. The van der Waals surface area contributed by atoms with Crippen molar-refractivity contribution in [2.45, 2.75) is 19.8 Å². The molecule has 6 rings (SSSR count). The van der Waals surface area contributed by atoms with Gasteiger partial charge in [-0.15, -0.1) is 0 Å². The van der Waals surface area contributed by atoms with Gasteiger partial charge in [0.2, 0.25) is 0 Å². The first-order valence-corrected chi connectivity index (χ1v) is 10.8. The summed E-state index contributed by atoms with van der Waals surface area (Å²) in [6.45, 7) is 4.23. The number of para-hydroxylation sites is 2. The lowest BCUT2D eigenvalue weighted by Crippen LogP contribution is -2.03. The number of nitrogens with zero attached hydrogens (tertiary/aromatic N) is 3. The van der Waals surface area contributed by atoms with Gasteiger partial charge in [0, 0.05) is 16.3 Å². The summed E-state index contributed by atoms with van der Waals surface area (Å²) >= 11 is 0. The minimum atomic E-state index is -0.163. The van der Waals surface area contributed by atoms with Crippen molar-refractivity contribution in [3.05, 3.63) is 76.6 Å². The third-order valence-electron chi connectivity index (χ3n) is 5.92. The van der Waals surface area contributed by atoms with E-state index in [4.69, 9.17) is 9.97 Å². The van der Waals surface area contributed by atoms with Gasteiger partial charge in [0.1, 0.15) is 5.82 Å². The Hall–Kier alpha value is -4.46. The molecule has 8 nitrogen and oxygen atoms in total. The van der Waals surface area contributed by atoms with Gasteiger partial charge >= 0.3 is 0 Å². The predicted octanol–water partition coefficient (Wildman–Crippen LogP) is 5.21. The molecule has 162 valence electrons. The lowest BCUT2D eigenvalue weighted by Gasteiger charge is -2.14. The number of hydrogen-bond acceptors (Lipinski definition) is 5. The maximum absolute atomic E-state index is 12.3. The van der Waals surface area contributed by atoms with Crippen molar-refractivity contribution in [3.8, 4) is 11.4 Å². The summed E-state index contributed by atoms with van der Waals surface area (Å²) < 4.78 is 0. The van der Waals surface area contributed by atoms with Crippen LogP contribution in [0.4, 0.5) is 11.6 Å². The van der Waals surface area contributed by atoms with E-state index in [1.807, 2.05) is 60.7 Å². The normalized spacial score (nSPS) is 11.7. The van der Waals surface area contributed by atoms with Gasteiger partial charge in [-0.25, -0.2) is 9.97 Å². The molecule has 6 aromatic rings. The average molecular weight is 435 g/mol. The van der Waals surface area contributed by atoms with Gasteiger partial charge in [-0.3, -0.25) is 20.1 Å². The number of anilines is 2. The minimum Gasteiger partial charge on any atom is -0.322 e. The summed E-state index contributed by atoms with van der Waals surface area (Å²) in [7, 11) is 0. The minimum absolute atomic E-state index is 0.163. The van der Waals surface area contributed by atoms with Crippen LogP contribution in [-0.4, -0.2) is 30.4 Å². The second kappa shape index (κ2) is 7.30. The molecule has 0 aliphatic carbocycles. The van der Waals surface area contributed by atoms with Crippen LogP contribution in [0.3, 0.4) is 0 Å². The Morgan fingerprint density at radius 2 is 1.61 bits per heavy atom. The highest BCUT2D eigenvalue weighted by molar-refractivity contribution is 5.97. The van der Waals surface area contributed by atoms with E-state index in [-0.39, 0.29) is 11.5 Å². The molecule has 0 bridgehead atoms. The first-order valence-electron chi connectivity index (χ1n) is 10.8. The van der Waals surface area contributed by atoms with Crippen LogP contribution in [0.25, 0.3) is 44.1 Å². The molecular formula is C25H21N7O. The Kier molecular flexibility index (Phi) is 4.26. The largest absolute Gasteiger partial charge is 0.322 e. The highest BCUT2D eigenvalue weighted by atomic mass is 16.1. The van der Waals surface area contributed by atoms with Crippen LogP contribution in [0.15, 0.2) is 65.5 Å². The van der Waals surface area contributed by atoms with E-state index in [0.717, 1.165) is 38.4 Å². The standard InChI is InChI=1S/C25H21N7O/c1-13(2)16-12-21-18(25(33)32-30-21)11-17(16)23-26-19-9-5-3-7-14(19)22(27-23)28-24-15-8-4-6-10-20(15)29-31-24/h3-13H,1-2H3,(H2,30,32,33)(H2,26,27,28,29,31). The molecule has 33 heavy (non-hydrogen) atoms. The number of aromatic amines is 3. The molecule has 3 aromatic heterocycles. The van der Waals surface area contributed by atoms with Crippen molar-refractivity contribution in [1.29, 1.82) is 0 Å². The van der Waals surface area contributed by atoms with E-state index in [2.05, 4.69) is 39.6 Å². The fourth-order valence-electron chi connectivity index (χ4n) is 4.23. The van der Waals surface area contributed by atoms with Gasteiger partial charge in [-0.2, -0.15) is 5.10 Å². The molecule has 0 saturated carbocycles.